The molecular weight excluding hydrogens is 226 g/mol. The molecule has 0 aromatic rings. The standard InChI is InChI=1S/C11H17NO3S/c12-11(5-16,10(14)15)9(13)8-4-6-1-2-7(8)3-6/h1-2,6-9,13,16H,3-5,12H2,(H,14,15)/t6?,7?,8?,9?,11-/m0/s1. The van der Waals surface area contributed by atoms with Crippen molar-refractivity contribution < 1.29 is 15.0 Å². The Morgan fingerprint density at radius 3 is 2.62 bits per heavy atom. The summed E-state index contributed by atoms with van der Waals surface area (Å²) in [5.41, 5.74) is 4.11. The van der Waals surface area contributed by atoms with Crippen LogP contribution in [0.1, 0.15) is 12.8 Å². The van der Waals surface area contributed by atoms with Crippen molar-refractivity contribution in [3.63, 3.8) is 0 Å². The number of aliphatic carboxylic acids is 1. The van der Waals surface area contributed by atoms with Crippen molar-refractivity contribution in [1.29, 1.82) is 0 Å². The predicted molar refractivity (Wildman–Crippen MR) is 63.3 cm³/mol. The molecule has 0 radical (unpaired) electrons. The number of carboxylic acid groups (broad SMARTS) is 1. The Kier molecular flexibility index (Phi) is 3.03. The first-order chi connectivity index (χ1) is 7.49. The molecule has 1 fully saturated rings. The van der Waals surface area contributed by atoms with E-state index in [1.54, 1.807) is 0 Å². The number of fused-ring (bicyclic) bond motifs is 2. The van der Waals surface area contributed by atoms with E-state index in [0.29, 0.717) is 5.92 Å². The second-order valence-corrected chi connectivity index (χ2v) is 5.21. The minimum Gasteiger partial charge on any atom is -0.480 e. The molecule has 4 nitrogen and oxygen atoms in total. The Labute approximate surface area is 99.9 Å². The van der Waals surface area contributed by atoms with Crippen molar-refractivity contribution in [2.75, 3.05) is 5.75 Å². The lowest BCUT2D eigenvalue weighted by molar-refractivity contribution is -0.148. The molecule has 2 bridgehead atoms. The molecular formula is C11H17NO3S. The zero-order valence-corrected chi connectivity index (χ0v) is 9.81. The molecule has 0 aromatic carbocycles. The fourth-order valence-electron chi connectivity index (χ4n) is 2.86. The molecule has 4 N–H and O–H groups in total. The highest BCUT2D eigenvalue weighted by atomic mass is 32.1. The Hall–Kier alpha value is -0.520. The molecule has 16 heavy (non-hydrogen) atoms. The highest BCUT2D eigenvalue weighted by Crippen LogP contribution is 2.46. The fourth-order valence-corrected chi connectivity index (χ4v) is 3.18. The maximum Gasteiger partial charge on any atom is 0.327 e. The van der Waals surface area contributed by atoms with Crippen molar-refractivity contribution in [2.45, 2.75) is 24.5 Å². The van der Waals surface area contributed by atoms with Crippen LogP contribution in [0.4, 0.5) is 0 Å². The SMILES string of the molecule is N[C@](CS)(C(=O)O)C(O)C1CC2C=CC1C2. The molecule has 0 saturated heterocycles. The molecule has 2 aliphatic rings. The number of hydrogen-bond acceptors (Lipinski definition) is 4. The van der Waals surface area contributed by atoms with Crippen molar-refractivity contribution in [3.8, 4) is 0 Å². The van der Waals surface area contributed by atoms with Crippen molar-refractivity contribution >= 4 is 18.6 Å². The van der Waals surface area contributed by atoms with Gasteiger partial charge in [0, 0.05) is 5.75 Å². The van der Waals surface area contributed by atoms with Gasteiger partial charge in [-0.25, -0.2) is 0 Å². The summed E-state index contributed by atoms with van der Waals surface area (Å²) < 4.78 is 0. The molecule has 0 spiro atoms. The van der Waals surface area contributed by atoms with Gasteiger partial charge in [0.25, 0.3) is 0 Å². The number of carboxylic acids is 1. The smallest absolute Gasteiger partial charge is 0.327 e. The molecule has 0 heterocycles. The van der Waals surface area contributed by atoms with Crippen LogP contribution in [0.15, 0.2) is 12.2 Å². The monoisotopic (exact) mass is 243 g/mol. The number of aliphatic hydroxyl groups is 1. The number of rotatable bonds is 4. The van der Waals surface area contributed by atoms with Gasteiger partial charge in [-0.05, 0) is 30.6 Å². The van der Waals surface area contributed by atoms with E-state index in [9.17, 15) is 9.90 Å². The quantitative estimate of drug-likeness (QED) is 0.422. The molecule has 4 unspecified atom stereocenters. The zero-order valence-electron chi connectivity index (χ0n) is 8.91. The summed E-state index contributed by atoms with van der Waals surface area (Å²) in [5.74, 6) is -0.504. The topological polar surface area (TPSA) is 83.6 Å². The van der Waals surface area contributed by atoms with Gasteiger partial charge in [-0.1, -0.05) is 12.2 Å². The summed E-state index contributed by atoms with van der Waals surface area (Å²) in [5, 5.41) is 19.3. The second-order valence-electron chi connectivity index (χ2n) is 4.89. The highest BCUT2D eigenvalue weighted by Gasteiger charge is 2.50. The Balaban J connectivity index is 2.15. The van der Waals surface area contributed by atoms with E-state index in [-0.39, 0.29) is 17.6 Å². The largest absolute Gasteiger partial charge is 0.480 e. The Morgan fingerprint density at radius 2 is 2.25 bits per heavy atom. The van der Waals surface area contributed by atoms with Gasteiger partial charge in [-0.15, -0.1) is 0 Å². The van der Waals surface area contributed by atoms with Crippen LogP contribution in [-0.2, 0) is 4.79 Å². The molecule has 0 amide bonds. The normalized spacial score (nSPS) is 37.3. The van der Waals surface area contributed by atoms with Crippen molar-refractivity contribution in [3.05, 3.63) is 12.2 Å². The van der Waals surface area contributed by atoms with Gasteiger partial charge in [-0.3, -0.25) is 4.79 Å². The molecule has 90 valence electrons. The molecule has 2 rings (SSSR count). The molecule has 5 heteroatoms. The summed E-state index contributed by atoms with van der Waals surface area (Å²) in [4.78, 5) is 11.1. The number of nitrogens with two attached hydrogens (primary N) is 1. The average Bonchev–Trinajstić information content (AvgIpc) is 2.88. The first-order valence-electron chi connectivity index (χ1n) is 5.48. The first kappa shape index (κ1) is 12.0. The lowest BCUT2D eigenvalue weighted by Crippen LogP contribution is -2.61. The van der Waals surface area contributed by atoms with E-state index < -0.39 is 17.6 Å². The van der Waals surface area contributed by atoms with E-state index in [2.05, 4.69) is 24.8 Å². The van der Waals surface area contributed by atoms with Gasteiger partial charge < -0.3 is 15.9 Å². The molecule has 0 aromatic heterocycles. The third-order valence-electron chi connectivity index (χ3n) is 3.92. The highest BCUT2D eigenvalue weighted by molar-refractivity contribution is 7.80. The van der Waals surface area contributed by atoms with Crippen LogP contribution in [0.2, 0.25) is 0 Å². The molecule has 2 aliphatic carbocycles. The van der Waals surface area contributed by atoms with Crippen molar-refractivity contribution in [1.82, 2.24) is 0 Å². The molecule has 5 atom stereocenters. The average molecular weight is 243 g/mol. The number of carbonyl (C=O) groups is 1. The minimum atomic E-state index is -1.63. The van der Waals surface area contributed by atoms with Gasteiger partial charge in [0.15, 0.2) is 0 Å². The summed E-state index contributed by atoms with van der Waals surface area (Å²) in [6, 6.07) is 0. The van der Waals surface area contributed by atoms with Crippen LogP contribution in [0.3, 0.4) is 0 Å². The summed E-state index contributed by atoms with van der Waals surface area (Å²) in [6.45, 7) is 0. The minimum absolute atomic E-state index is 0.0387. The fraction of sp³-hybridized carbons (Fsp3) is 0.727. The Bertz CT molecular complexity index is 333. The van der Waals surface area contributed by atoms with Gasteiger partial charge in [-0.2, -0.15) is 12.6 Å². The van der Waals surface area contributed by atoms with Crippen LogP contribution in [0.5, 0.6) is 0 Å². The number of allylic oxidation sites excluding steroid dienone is 2. The van der Waals surface area contributed by atoms with Gasteiger partial charge >= 0.3 is 5.97 Å². The van der Waals surface area contributed by atoms with Crippen LogP contribution < -0.4 is 5.73 Å². The van der Waals surface area contributed by atoms with E-state index in [1.807, 2.05) is 0 Å². The number of thiol groups is 1. The molecule has 1 saturated carbocycles. The van der Waals surface area contributed by atoms with Gasteiger partial charge in [0.05, 0.1) is 6.10 Å². The van der Waals surface area contributed by atoms with E-state index in [1.165, 1.54) is 0 Å². The first-order valence-corrected chi connectivity index (χ1v) is 6.12. The van der Waals surface area contributed by atoms with Crippen LogP contribution in [-0.4, -0.2) is 33.6 Å². The maximum absolute atomic E-state index is 11.1. The van der Waals surface area contributed by atoms with Gasteiger partial charge in [0.1, 0.15) is 5.54 Å². The van der Waals surface area contributed by atoms with Crippen LogP contribution in [0.25, 0.3) is 0 Å². The van der Waals surface area contributed by atoms with Crippen molar-refractivity contribution in [2.24, 2.45) is 23.5 Å². The van der Waals surface area contributed by atoms with E-state index >= 15 is 0 Å². The number of hydrogen-bond donors (Lipinski definition) is 4. The van der Waals surface area contributed by atoms with E-state index in [0.717, 1.165) is 12.8 Å². The summed E-state index contributed by atoms with van der Waals surface area (Å²) in [6.07, 6.45) is 5.05. The Morgan fingerprint density at radius 1 is 1.56 bits per heavy atom. The lowest BCUT2D eigenvalue weighted by Gasteiger charge is -2.35. The zero-order chi connectivity index (χ0) is 11.9. The third kappa shape index (κ3) is 1.67. The predicted octanol–water partition coefficient (Wildman–Crippen LogP) is 0.271. The lowest BCUT2D eigenvalue weighted by atomic mass is 9.79. The van der Waals surface area contributed by atoms with E-state index in [4.69, 9.17) is 10.8 Å². The molecule has 0 aliphatic heterocycles. The van der Waals surface area contributed by atoms with Crippen LogP contribution >= 0.6 is 12.6 Å². The summed E-state index contributed by atoms with van der Waals surface area (Å²) >= 11 is 3.96. The van der Waals surface area contributed by atoms with Crippen LogP contribution in [0, 0.1) is 17.8 Å². The second kappa shape index (κ2) is 4.05. The third-order valence-corrected chi connectivity index (χ3v) is 4.45. The number of aliphatic hydroxyl groups excluding tert-OH is 1. The van der Waals surface area contributed by atoms with Gasteiger partial charge in [0.2, 0.25) is 0 Å². The summed E-state index contributed by atoms with van der Waals surface area (Å²) in [7, 11) is 0. The maximum atomic E-state index is 11.1.